The lowest BCUT2D eigenvalue weighted by atomic mass is 9.99. The Bertz CT molecular complexity index is 1340. The normalized spacial score (nSPS) is 21.2. The van der Waals surface area contributed by atoms with Crippen molar-refractivity contribution in [1.82, 2.24) is 20.4 Å². The van der Waals surface area contributed by atoms with Crippen LogP contribution in [-0.4, -0.2) is 84.2 Å². The molecule has 2 aromatic carbocycles. The maximum Gasteiger partial charge on any atom is 0.323 e. The molecule has 11 heteroatoms. The highest BCUT2D eigenvalue weighted by atomic mass is 16.5. The highest BCUT2D eigenvalue weighted by molar-refractivity contribution is 6.10. The highest BCUT2D eigenvalue weighted by Gasteiger charge is 2.48. The fourth-order valence-corrected chi connectivity index (χ4v) is 4.57. The van der Waals surface area contributed by atoms with E-state index in [1.165, 1.54) is 12.0 Å². The first kappa shape index (κ1) is 24.1. The molecule has 0 radical (unpaired) electrons. The molecule has 3 heterocycles. The molecule has 0 bridgehead atoms. The quantitative estimate of drug-likeness (QED) is 0.140. The molecule has 2 fully saturated rings. The van der Waals surface area contributed by atoms with Gasteiger partial charge in [-0.05, 0) is 42.0 Å². The average molecular weight is 504 g/mol. The van der Waals surface area contributed by atoms with Gasteiger partial charge in [-0.2, -0.15) is 0 Å². The molecule has 5 rings (SSSR count). The number of hydrogen-bond donors (Lipinski definition) is 3. The zero-order valence-electron chi connectivity index (χ0n) is 20.1. The van der Waals surface area contributed by atoms with E-state index in [4.69, 9.17) is 9.47 Å². The average Bonchev–Trinajstić information content (AvgIpc) is 3.38. The van der Waals surface area contributed by atoms with Crippen LogP contribution in [0, 0.1) is 11.8 Å². The molecule has 2 aromatic rings. The number of benzene rings is 2. The largest absolute Gasteiger partial charge is 0.497 e. The summed E-state index contributed by atoms with van der Waals surface area (Å²) in [7, 11) is 1.52. The Kier molecular flexibility index (Phi) is 6.42. The van der Waals surface area contributed by atoms with Crippen LogP contribution in [0.5, 0.6) is 5.75 Å². The molecule has 190 valence electrons. The maximum absolute atomic E-state index is 13.1. The molecule has 11 nitrogen and oxygen atoms in total. The summed E-state index contributed by atoms with van der Waals surface area (Å²) in [5.41, 5.74) is 0.966. The number of carbonyl (C=O) groups excluding carboxylic acids is 3. The summed E-state index contributed by atoms with van der Waals surface area (Å²) in [6.07, 6.45) is 0. The summed E-state index contributed by atoms with van der Waals surface area (Å²) in [5.74, 6) is 5.95. The standard InChI is InChI=1S/C26H25N5O6/c1-36-20-7-6-19-15-31(23(32)21(19)14-20)16-26(24(33)27-25(34)28-26)9-8-17-2-4-18(5-3-17)22(29-35)30-10-12-37-13-11-30/h2-7,14,35H,10-13,15-16H2,1H3,(H2,27,28,33,34)/b29-22+/t26-/m1/s1. The van der Waals surface area contributed by atoms with E-state index in [0.29, 0.717) is 54.6 Å². The molecule has 3 aliphatic rings. The molecule has 37 heavy (non-hydrogen) atoms. The van der Waals surface area contributed by atoms with Gasteiger partial charge in [0.15, 0.2) is 5.84 Å². The fraction of sp³-hybridized carbons (Fsp3) is 0.308. The van der Waals surface area contributed by atoms with Crippen LogP contribution < -0.4 is 15.4 Å². The molecule has 2 saturated heterocycles. The van der Waals surface area contributed by atoms with E-state index in [1.807, 2.05) is 4.90 Å². The SMILES string of the molecule is COc1ccc2c(c1)C(=O)N(C[C@@]1(C#Cc3ccc(/C(=N\O)N4CCOCC4)cc3)NC(=O)NC1=O)C2. The Balaban J connectivity index is 1.37. The van der Waals surface area contributed by atoms with Crippen molar-refractivity contribution in [2.45, 2.75) is 12.1 Å². The van der Waals surface area contributed by atoms with Gasteiger partial charge in [0.05, 0.1) is 26.9 Å². The van der Waals surface area contributed by atoms with E-state index in [0.717, 1.165) is 5.56 Å². The lowest BCUT2D eigenvalue weighted by Gasteiger charge is -2.29. The van der Waals surface area contributed by atoms with E-state index in [1.54, 1.807) is 42.5 Å². The van der Waals surface area contributed by atoms with Crippen LogP contribution in [0.3, 0.4) is 0 Å². The van der Waals surface area contributed by atoms with Crippen molar-refractivity contribution in [2.24, 2.45) is 5.16 Å². The number of carbonyl (C=O) groups is 3. The summed E-state index contributed by atoms with van der Waals surface area (Å²) in [5, 5.41) is 17.8. The molecule has 0 unspecified atom stereocenters. The Morgan fingerprint density at radius 2 is 1.92 bits per heavy atom. The number of ether oxygens (including phenoxy) is 2. The van der Waals surface area contributed by atoms with Gasteiger partial charge >= 0.3 is 6.03 Å². The first-order valence-electron chi connectivity index (χ1n) is 11.7. The third kappa shape index (κ3) is 4.66. The van der Waals surface area contributed by atoms with Crippen molar-refractivity contribution in [3.63, 3.8) is 0 Å². The predicted molar refractivity (Wildman–Crippen MR) is 131 cm³/mol. The number of oxime groups is 1. The van der Waals surface area contributed by atoms with Gasteiger partial charge in [0.1, 0.15) is 5.75 Å². The second kappa shape index (κ2) is 9.83. The minimum atomic E-state index is -1.61. The Labute approximate surface area is 213 Å². The van der Waals surface area contributed by atoms with Gasteiger partial charge in [0.2, 0.25) is 5.54 Å². The number of amides is 4. The molecule has 0 spiro atoms. The van der Waals surface area contributed by atoms with E-state index in [2.05, 4.69) is 27.6 Å². The summed E-state index contributed by atoms with van der Waals surface area (Å²) in [6.45, 7) is 2.50. The number of nitrogens with zero attached hydrogens (tertiary/aromatic N) is 3. The first-order valence-corrected chi connectivity index (χ1v) is 11.7. The molecule has 0 aromatic heterocycles. The predicted octanol–water partition coefficient (Wildman–Crippen LogP) is 0.749. The van der Waals surface area contributed by atoms with Crippen LogP contribution in [0.4, 0.5) is 4.79 Å². The van der Waals surface area contributed by atoms with Gasteiger partial charge in [-0.25, -0.2) is 4.79 Å². The van der Waals surface area contributed by atoms with E-state index in [-0.39, 0.29) is 19.0 Å². The van der Waals surface area contributed by atoms with Crippen molar-refractivity contribution in [3.05, 3.63) is 64.7 Å². The van der Waals surface area contributed by atoms with Gasteiger partial charge in [-0.1, -0.05) is 23.1 Å². The van der Waals surface area contributed by atoms with Gasteiger partial charge < -0.3 is 29.8 Å². The van der Waals surface area contributed by atoms with E-state index in [9.17, 15) is 19.6 Å². The Hall–Kier alpha value is -4.56. The zero-order chi connectivity index (χ0) is 26.0. The van der Waals surface area contributed by atoms with Crippen molar-refractivity contribution in [1.29, 1.82) is 0 Å². The topological polar surface area (TPSA) is 133 Å². The van der Waals surface area contributed by atoms with Crippen LogP contribution in [0.15, 0.2) is 47.6 Å². The van der Waals surface area contributed by atoms with Crippen molar-refractivity contribution in [3.8, 4) is 17.6 Å². The summed E-state index contributed by atoms with van der Waals surface area (Å²) in [4.78, 5) is 41.4. The van der Waals surface area contributed by atoms with E-state index < -0.39 is 17.5 Å². The molecule has 3 N–H and O–H groups in total. The first-order chi connectivity index (χ1) is 17.9. The van der Waals surface area contributed by atoms with Crippen LogP contribution in [-0.2, 0) is 16.1 Å². The summed E-state index contributed by atoms with van der Waals surface area (Å²) in [6, 6.07) is 11.6. The van der Waals surface area contributed by atoms with Gasteiger partial charge in [0, 0.05) is 36.3 Å². The number of fused-ring (bicyclic) bond motifs is 1. The number of nitrogens with one attached hydrogen (secondary N) is 2. The molecular formula is C26H25N5O6. The second-order valence-electron chi connectivity index (χ2n) is 8.85. The van der Waals surface area contributed by atoms with E-state index >= 15 is 0 Å². The fourth-order valence-electron chi connectivity index (χ4n) is 4.57. The van der Waals surface area contributed by atoms with Crippen LogP contribution in [0.1, 0.15) is 27.0 Å². The number of methoxy groups -OCH3 is 1. The zero-order valence-corrected chi connectivity index (χ0v) is 20.1. The molecule has 0 aliphatic carbocycles. The minimum Gasteiger partial charge on any atom is -0.497 e. The lowest BCUT2D eigenvalue weighted by Crippen LogP contribution is -2.54. The van der Waals surface area contributed by atoms with Crippen LogP contribution in [0.2, 0.25) is 0 Å². The third-order valence-electron chi connectivity index (χ3n) is 6.53. The Morgan fingerprint density at radius 1 is 1.16 bits per heavy atom. The summed E-state index contributed by atoms with van der Waals surface area (Å²) >= 11 is 0. The van der Waals surface area contributed by atoms with Crippen molar-refractivity contribution >= 4 is 23.7 Å². The van der Waals surface area contributed by atoms with Gasteiger partial charge in [0.25, 0.3) is 11.8 Å². The number of urea groups is 1. The monoisotopic (exact) mass is 503 g/mol. The van der Waals surface area contributed by atoms with Crippen LogP contribution in [0.25, 0.3) is 0 Å². The highest BCUT2D eigenvalue weighted by Crippen LogP contribution is 2.28. The minimum absolute atomic E-state index is 0.121. The summed E-state index contributed by atoms with van der Waals surface area (Å²) < 4.78 is 10.6. The maximum atomic E-state index is 13.1. The van der Waals surface area contributed by atoms with Crippen molar-refractivity contribution < 1.29 is 29.1 Å². The number of rotatable bonds is 4. The number of hydrogen-bond acceptors (Lipinski definition) is 7. The lowest BCUT2D eigenvalue weighted by molar-refractivity contribution is -0.122. The van der Waals surface area contributed by atoms with Crippen molar-refractivity contribution in [2.75, 3.05) is 40.0 Å². The van der Waals surface area contributed by atoms with Gasteiger partial charge in [-0.3, -0.25) is 14.9 Å². The van der Waals surface area contributed by atoms with Crippen LogP contribution >= 0.6 is 0 Å². The number of amidine groups is 1. The van der Waals surface area contributed by atoms with Gasteiger partial charge in [-0.15, -0.1) is 0 Å². The number of imide groups is 1. The Morgan fingerprint density at radius 3 is 2.57 bits per heavy atom. The molecule has 1 atom stereocenters. The molecule has 0 saturated carbocycles. The third-order valence-corrected chi connectivity index (χ3v) is 6.53. The second-order valence-corrected chi connectivity index (χ2v) is 8.85. The number of morpholine rings is 1. The molecule has 4 amide bonds. The smallest absolute Gasteiger partial charge is 0.323 e. The molecule has 3 aliphatic heterocycles. The molecular weight excluding hydrogens is 478 g/mol.